The Labute approximate surface area is 134 Å². The zero-order valence-corrected chi connectivity index (χ0v) is 12.8. The molecule has 3 fully saturated rings. The van der Waals surface area contributed by atoms with E-state index < -0.39 is 0 Å². The van der Waals surface area contributed by atoms with Gasteiger partial charge in [0.05, 0.1) is 37.5 Å². The van der Waals surface area contributed by atoms with Crippen LogP contribution in [-0.4, -0.2) is 60.2 Å². The van der Waals surface area contributed by atoms with Gasteiger partial charge >= 0.3 is 0 Å². The van der Waals surface area contributed by atoms with Crippen molar-refractivity contribution in [2.45, 2.75) is 31.4 Å². The zero-order chi connectivity index (χ0) is 15.8. The summed E-state index contributed by atoms with van der Waals surface area (Å²) in [4.78, 5) is 32.5. The number of ether oxygens (including phenoxy) is 1. The lowest BCUT2D eigenvalue weighted by molar-refractivity contribution is -0.176. The average Bonchev–Trinajstić information content (AvgIpc) is 3.34. The molecule has 0 N–H and O–H groups in total. The Morgan fingerprint density at radius 2 is 2.17 bits per heavy atom. The summed E-state index contributed by atoms with van der Waals surface area (Å²) in [7, 11) is 0. The van der Waals surface area contributed by atoms with Crippen LogP contribution in [0.1, 0.15) is 29.8 Å². The number of piperidine rings is 1. The third kappa shape index (κ3) is 2.64. The van der Waals surface area contributed by atoms with Crippen LogP contribution >= 0.6 is 0 Å². The van der Waals surface area contributed by atoms with Crippen LogP contribution in [0.3, 0.4) is 0 Å². The summed E-state index contributed by atoms with van der Waals surface area (Å²) in [5, 5.41) is 1.44. The maximum absolute atomic E-state index is 12.7. The molecule has 3 atom stereocenters. The van der Waals surface area contributed by atoms with Crippen LogP contribution in [0.25, 0.3) is 0 Å². The lowest BCUT2D eigenvalue weighted by atomic mass is 9.89. The fraction of sp³-hybridized carbons (Fsp3) is 0.625. The molecule has 1 aromatic rings. The summed E-state index contributed by atoms with van der Waals surface area (Å²) in [5.74, 6) is -0.198. The van der Waals surface area contributed by atoms with E-state index in [0.717, 1.165) is 12.8 Å². The molecule has 0 spiro atoms. The Morgan fingerprint density at radius 1 is 1.26 bits per heavy atom. The summed E-state index contributed by atoms with van der Waals surface area (Å²) in [6.07, 6.45) is 3.71. The molecule has 23 heavy (non-hydrogen) atoms. The molecule has 7 heteroatoms. The van der Waals surface area contributed by atoms with E-state index in [1.807, 2.05) is 0 Å². The maximum atomic E-state index is 12.7. The standard InChI is InChI=1S/C16H20N2O5/c19-15(18-5-2-7-23-18)11-9-14-12(4-8-22-14)17(10-11)16(20)13-3-1-6-21-13/h1,3,6,11-12,14H,2,4-5,7-10H2/t11-,12+,14+/m1/s1. The van der Waals surface area contributed by atoms with Crippen molar-refractivity contribution >= 4 is 11.8 Å². The van der Waals surface area contributed by atoms with Crippen LogP contribution in [0.15, 0.2) is 22.8 Å². The highest BCUT2D eigenvalue weighted by atomic mass is 16.7. The van der Waals surface area contributed by atoms with Gasteiger partial charge in [0.25, 0.3) is 11.8 Å². The molecule has 7 nitrogen and oxygen atoms in total. The van der Waals surface area contributed by atoms with Gasteiger partial charge in [0.2, 0.25) is 0 Å². The predicted molar refractivity (Wildman–Crippen MR) is 78.3 cm³/mol. The smallest absolute Gasteiger partial charge is 0.289 e. The van der Waals surface area contributed by atoms with E-state index in [9.17, 15) is 9.59 Å². The second-order valence-corrected chi connectivity index (χ2v) is 6.26. The Bertz CT molecular complexity index is 581. The molecule has 3 aliphatic heterocycles. The molecule has 3 saturated heterocycles. The second-order valence-electron chi connectivity index (χ2n) is 6.26. The molecule has 0 radical (unpaired) electrons. The molecular weight excluding hydrogens is 300 g/mol. The van der Waals surface area contributed by atoms with Gasteiger partial charge in [-0.25, -0.2) is 5.06 Å². The van der Waals surface area contributed by atoms with Crippen LogP contribution in [-0.2, 0) is 14.4 Å². The first-order valence-corrected chi connectivity index (χ1v) is 8.14. The van der Waals surface area contributed by atoms with Crippen LogP contribution in [0.4, 0.5) is 0 Å². The summed E-state index contributed by atoms with van der Waals surface area (Å²) < 4.78 is 11.0. The Hall–Kier alpha value is -1.86. The monoisotopic (exact) mass is 320 g/mol. The Morgan fingerprint density at radius 3 is 2.91 bits per heavy atom. The number of carbonyl (C=O) groups excluding carboxylic acids is 2. The zero-order valence-electron chi connectivity index (χ0n) is 12.8. The van der Waals surface area contributed by atoms with Crippen molar-refractivity contribution in [3.05, 3.63) is 24.2 Å². The van der Waals surface area contributed by atoms with Crippen molar-refractivity contribution in [2.24, 2.45) is 5.92 Å². The number of nitrogens with zero attached hydrogens (tertiary/aromatic N) is 2. The van der Waals surface area contributed by atoms with Gasteiger partial charge in [-0.15, -0.1) is 0 Å². The second kappa shape index (κ2) is 5.98. The minimum atomic E-state index is -0.286. The lowest BCUT2D eigenvalue weighted by Gasteiger charge is -2.40. The molecule has 0 unspecified atom stereocenters. The fourth-order valence-corrected chi connectivity index (χ4v) is 3.73. The molecule has 2 amide bonds. The lowest BCUT2D eigenvalue weighted by Crippen LogP contribution is -2.55. The van der Waals surface area contributed by atoms with E-state index in [2.05, 4.69) is 0 Å². The minimum absolute atomic E-state index is 0.0242. The number of rotatable bonds is 2. The van der Waals surface area contributed by atoms with Gasteiger partial charge in [0, 0.05) is 13.2 Å². The van der Waals surface area contributed by atoms with Gasteiger partial charge in [-0.1, -0.05) is 0 Å². The molecule has 124 valence electrons. The number of hydrogen-bond acceptors (Lipinski definition) is 5. The summed E-state index contributed by atoms with van der Waals surface area (Å²) in [5.41, 5.74) is 0. The normalized spacial score (nSPS) is 30.5. The first-order valence-electron chi connectivity index (χ1n) is 8.14. The van der Waals surface area contributed by atoms with Crippen LogP contribution in [0.5, 0.6) is 0 Å². The highest BCUT2D eigenvalue weighted by Crippen LogP contribution is 2.33. The van der Waals surface area contributed by atoms with Gasteiger partial charge in [-0.05, 0) is 31.4 Å². The topological polar surface area (TPSA) is 72.2 Å². The Kier molecular flexibility index (Phi) is 3.82. The molecule has 4 rings (SSSR count). The Balaban J connectivity index is 1.54. The molecule has 0 aromatic carbocycles. The largest absolute Gasteiger partial charge is 0.459 e. The number of fused-ring (bicyclic) bond motifs is 1. The number of hydroxylamine groups is 2. The number of amides is 2. The van der Waals surface area contributed by atoms with Crippen LogP contribution in [0, 0.1) is 5.92 Å². The van der Waals surface area contributed by atoms with Crippen molar-refractivity contribution in [3.63, 3.8) is 0 Å². The third-order valence-corrected chi connectivity index (χ3v) is 4.85. The van der Waals surface area contributed by atoms with Gasteiger partial charge < -0.3 is 14.1 Å². The van der Waals surface area contributed by atoms with E-state index in [4.69, 9.17) is 14.0 Å². The average molecular weight is 320 g/mol. The SMILES string of the molecule is O=C([C@@H]1C[C@@H]2OCC[C@@H]2N(C(=O)c2ccco2)C1)N1CCCO1. The van der Waals surface area contributed by atoms with E-state index in [1.54, 1.807) is 17.0 Å². The summed E-state index contributed by atoms with van der Waals surface area (Å²) >= 11 is 0. The van der Waals surface area contributed by atoms with Gasteiger partial charge in [-0.2, -0.15) is 0 Å². The highest BCUT2D eigenvalue weighted by molar-refractivity contribution is 5.92. The first-order chi connectivity index (χ1) is 11.2. The third-order valence-electron chi connectivity index (χ3n) is 4.85. The number of carbonyl (C=O) groups is 2. The van der Waals surface area contributed by atoms with Crippen LogP contribution in [0.2, 0.25) is 0 Å². The maximum Gasteiger partial charge on any atom is 0.289 e. The predicted octanol–water partition coefficient (Wildman–Crippen LogP) is 1.06. The number of hydrogen-bond donors (Lipinski definition) is 0. The summed E-state index contributed by atoms with van der Waals surface area (Å²) in [6, 6.07) is 3.37. The number of furan rings is 1. The molecule has 3 aliphatic rings. The van der Waals surface area contributed by atoms with Crippen molar-refractivity contribution in [1.29, 1.82) is 0 Å². The highest BCUT2D eigenvalue weighted by Gasteiger charge is 2.46. The van der Waals surface area contributed by atoms with E-state index in [-0.39, 0.29) is 29.9 Å². The van der Waals surface area contributed by atoms with Crippen molar-refractivity contribution in [2.75, 3.05) is 26.3 Å². The quantitative estimate of drug-likeness (QED) is 0.815. The molecule has 0 saturated carbocycles. The minimum Gasteiger partial charge on any atom is -0.459 e. The fourth-order valence-electron chi connectivity index (χ4n) is 3.73. The van der Waals surface area contributed by atoms with E-state index in [0.29, 0.717) is 38.5 Å². The molecule has 0 aliphatic carbocycles. The molecule has 0 bridgehead atoms. The number of likely N-dealkylation sites (tertiary alicyclic amines) is 1. The first kappa shape index (κ1) is 14.7. The van der Waals surface area contributed by atoms with Crippen molar-refractivity contribution in [3.8, 4) is 0 Å². The van der Waals surface area contributed by atoms with Gasteiger partial charge in [-0.3, -0.25) is 14.4 Å². The van der Waals surface area contributed by atoms with Crippen molar-refractivity contribution in [1.82, 2.24) is 9.96 Å². The molecule has 1 aromatic heterocycles. The molecule has 4 heterocycles. The van der Waals surface area contributed by atoms with Gasteiger partial charge in [0.1, 0.15) is 0 Å². The van der Waals surface area contributed by atoms with E-state index in [1.165, 1.54) is 11.3 Å². The summed E-state index contributed by atoms with van der Waals surface area (Å²) in [6.45, 7) is 2.22. The van der Waals surface area contributed by atoms with Crippen molar-refractivity contribution < 1.29 is 23.6 Å². The van der Waals surface area contributed by atoms with E-state index >= 15 is 0 Å². The van der Waals surface area contributed by atoms with Gasteiger partial charge in [0.15, 0.2) is 5.76 Å². The van der Waals surface area contributed by atoms with Crippen LogP contribution < -0.4 is 0 Å². The molecular formula is C16H20N2O5.